The van der Waals surface area contributed by atoms with E-state index in [4.69, 9.17) is 4.42 Å². The van der Waals surface area contributed by atoms with Crippen LogP contribution in [0, 0.1) is 13.8 Å². The van der Waals surface area contributed by atoms with Crippen molar-refractivity contribution in [1.29, 1.82) is 0 Å². The van der Waals surface area contributed by atoms with Crippen LogP contribution in [0.15, 0.2) is 57.4 Å². The SMILES string of the molecule is C/C(=N\NC(=O)c1sccc1C)c1ccc(NC(=O)c2ccc(C)o2)cc1. The lowest BCUT2D eigenvalue weighted by Crippen LogP contribution is -2.19. The minimum atomic E-state index is -0.306. The lowest BCUT2D eigenvalue weighted by molar-refractivity contribution is 0.0957. The second-order valence-electron chi connectivity index (χ2n) is 6.01. The number of nitrogens with one attached hydrogen (secondary N) is 2. The van der Waals surface area contributed by atoms with Crippen molar-refractivity contribution in [3.05, 3.63) is 75.4 Å². The van der Waals surface area contributed by atoms with E-state index in [0.717, 1.165) is 11.1 Å². The maximum absolute atomic E-state index is 12.1. The molecule has 6 nitrogen and oxygen atoms in total. The third-order valence-corrected chi connectivity index (χ3v) is 4.93. The second kappa shape index (κ2) is 8.01. The molecule has 3 rings (SSSR count). The first-order chi connectivity index (χ1) is 12.9. The van der Waals surface area contributed by atoms with Gasteiger partial charge in [0, 0.05) is 5.69 Å². The average Bonchev–Trinajstić information content (AvgIpc) is 3.28. The minimum Gasteiger partial charge on any atom is -0.456 e. The molecule has 0 radical (unpaired) electrons. The van der Waals surface area contributed by atoms with Crippen LogP contribution < -0.4 is 10.7 Å². The molecule has 0 aliphatic heterocycles. The maximum Gasteiger partial charge on any atom is 0.291 e. The molecule has 2 heterocycles. The second-order valence-corrected chi connectivity index (χ2v) is 6.93. The van der Waals surface area contributed by atoms with Crippen LogP contribution in [0.1, 0.15) is 44.0 Å². The number of hydrogen-bond acceptors (Lipinski definition) is 5. The molecule has 27 heavy (non-hydrogen) atoms. The summed E-state index contributed by atoms with van der Waals surface area (Å²) in [6, 6.07) is 12.5. The first-order valence-electron chi connectivity index (χ1n) is 8.31. The highest BCUT2D eigenvalue weighted by Gasteiger charge is 2.11. The number of furan rings is 1. The Kier molecular flexibility index (Phi) is 5.52. The van der Waals surface area contributed by atoms with Gasteiger partial charge < -0.3 is 9.73 Å². The van der Waals surface area contributed by atoms with Gasteiger partial charge in [0.1, 0.15) is 5.76 Å². The molecular formula is C20H19N3O3S. The summed E-state index contributed by atoms with van der Waals surface area (Å²) in [7, 11) is 0. The third kappa shape index (κ3) is 4.51. The number of anilines is 1. The van der Waals surface area contributed by atoms with Crippen LogP contribution in [-0.2, 0) is 0 Å². The molecular weight excluding hydrogens is 362 g/mol. The van der Waals surface area contributed by atoms with Crippen LogP contribution >= 0.6 is 11.3 Å². The maximum atomic E-state index is 12.1. The lowest BCUT2D eigenvalue weighted by atomic mass is 10.1. The normalized spacial score (nSPS) is 11.3. The first-order valence-corrected chi connectivity index (χ1v) is 9.19. The van der Waals surface area contributed by atoms with Crippen molar-refractivity contribution in [2.24, 2.45) is 5.10 Å². The molecule has 0 bridgehead atoms. The molecule has 7 heteroatoms. The molecule has 0 fully saturated rings. The van der Waals surface area contributed by atoms with Gasteiger partial charge >= 0.3 is 0 Å². The van der Waals surface area contributed by atoms with Crippen LogP contribution in [0.3, 0.4) is 0 Å². The van der Waals surface area contributed by atoms with E-state index >= 15 is 0 Å². The van der Waals surface area contributed by atoms with E-state index in [2.05, 4.69) is 15.8 Å². The Hall–Kier alpha value is -3.19. The zero-order valence-electron chi connectivity index (χ0n) is 15.2. The summed E-state index contributed by atoms with van der Waals surface area (Å²) >= 11 is 1.38. The monoisotopic (exact) mass is 381 g/mol. The van der Waals surface area contributed by atoms with E-state index in [9.17, 15) is 9.59 Å². The number of nitrogens with zero attached hydrogens (tertiary/aromatic N) is 1. The Balaban J connectivity index is 1.63. The van der Waals surface area contributed by atoms with Gasteiger partial charge in [-0.1, -0.05) is 12.1 Å². The summed E-state index contributed by atoms with van der Waals surface area (Å²) in [6.45, 7) is 5.48. The van der Waals surface area contributed by atoms with Crippen LogP contribution in [0.5, 0.6) is 0 Å². The van der Waals surface area contributed by atoms with Gasteiger partial charge in [-0.3, -0.25) is 9.59 Å². The van der Waals surface area contributed by atoms with Crippen LogP contribution in [0.25, 0.3) is 0 Å². The van der Waals surface area contributed by atoms with Crippen molar-refractivity contribution >= 4 is 34.6 Å². The summed E-state index contributed by atoms with van der Waals surface area (Å²) < 4.78 is 5.30. The summed E-state index contributed by atoms with van der Waals surface area (Å²) in [5, 5.41) is 8.80. The van der Waals surface area contributed by atoms with Gasteiger partial charge in [0.15, 0.2) is 5.76 Å². The van der Waals surface area contributed by atoms with Crippen molar-refractivity contribution in [2.75, 3.05) is 5.32 Å². The molecule has 2 N–H and O–H groups in total. The van der Waals surface area contributed by atoms with Crippen molar-refractivity contribution in [1.82, 2.24) is 5.43 Å². The fraction of sp³-hybridized carbons (Fsp3) is 0.150. The predicted octanol–water partition coefficient (Wildman–Crippen LogP) is 4.36. The van der Waals surface area contributed by atoms with Crippen molar-refractivity contribution in [2.45, 2.75) is 20.8 Å². The molecule has 0 unspecified atom stereocenters. The fourth-order valence-electron chi connectivity index (χ4n) is 2.40. The zero-order valence-corrected chi connectivity index (χ0v) is 16.0. The molecule has 2 amide bonds. The van der Waals surface area contributed by atoms with Gasteiger partial charge in [-0.15, -0.1) is 11.3 Å². The Labute approximate surface area is 160 Å². The average molecular weight is 381 g/mol. The molecule has 0 aliphatic rings. The van der Waals surface area contributed by atoms with Crippen LogP contribution in [0.4, 0.5) is 5.69 Å². The van der Waals surface area contributed by atoms with Crippen molar-refractivity contribution in [3.63, 3.8) is 0 Å². The number of carbonyl (C=O) groups excluding carboxylic acids is 2. The molecule has 0 atom stereocenters. The lowest BCUT2D eigenvalue weighted by Gasteiger charge is -2.06. The summed E-state index contributed by atoms with van der Waals surface area (Å²) in [5.41, 5.74) is 5.64. The molecule has 1 aromatic carbocycles. The topological polar surface area (TPSA) is 83.7 Å². The molecule has 0 spiro atoms. The number of benzene rings is 1. The van der Waals surface area contributed by atoms with E-state index in [0.29, 0.717) is 22.0 Å². The molecule has 2 aromatic heterocycles. The summed E-state index contributed by atoms with van der Waals surface area (Å²) in [5.74, 6) is 0.419. The van der Waals surface area contributed by atoms with Gasteiger partial charge in [0.2, 0.25) is 0 Å². The number of thiophene rings is 1. The third-order valence-electron chi connectivity index (χ3n) is 3.92. The summed E-state index contributed by atoms with van der Waals surface area (Å²) in [4.78, 5) is 24.8. The largest absolute Gasteiger partial charge is 0.456 e. The van der Waals surface area contributed by atoms with Crippen LogP contribution in [-0.4, -0.2) is 17.5 Å². The Morgan fingerprint density at radius 3 is 2.33 bits per heavy atom. The zero-order chi connectivity index (χ0) is 19.4. The number of hydrogen-bond donors (Lipinski definition) is 2. The van der Waals surface area contributed by atoms with Crippen molar-refractivity contribution < 1.29 is 14.0 Å². The van der Waals surface area contributed by atoms with E-state index in [1.54, 1.807) is 38.1 Å². The van der Waals surface area contributed by atoms with E-state index in [-0.39, 0.29) is 17.6 Å². The summed E-state index contributed by atoms with van der Waals surface area (Å²) in [6.07, 6.45) is 0. The minimum absolute atomic E-state index is 0.223. The van der Waals surface area contributed by atoms with Gasteiger partial charge in [0.25, 0.3) is 11.8 Å². The number of carbonyl (C=O) groups is 2. The quantitative estimate of drug-likeness (QED) is 0.509. The number of hydrazone groups is 1. The number of aryl methyl sites for hydroxylation is 2. The number of rotatable bonds is 5. The highest BCUT2D eigenvalue weighted by atomic mass is 32.1. The highest BCUT2D eigenvalue weighted by Crippen LogP contribution is 2.16. The van der Waals surface area contributed by atoms with Crippen LogP contribution in [0.2, 0.25) is 0 Å². The molecule has 3 aromatic rings. The van der Waals surface area contributed by atoms with E-state index < -0.39 is 0 Å². The standard InChI is InChI=1S/C20H19N3O3S/c1-12-10-11-27-18(12)20(25)23-22-14(3)15-5-7-16(8-6-15)21-19(24)17-9-4-13(2)26-17/h4-11H,1-3H3,(H,21,24)(H,23,25)/b22-14+. The molecule has 0 saturated heterocycles. The van der Waals surface area contributed by atoms with Gasteiger partial charge in [0.05, 0.1) is 10.6 Å². The highest BCUT2D eigenvalue weighted by molar-refractivity contribution is 7.12. The Morgan fingerprint density at radius 2 is 1.74 bits per heavy atom. The van der Waals surface area contributed by atoms with Gasteiger partial charge in [-0.05, 0) is 67.6 Å². The fourth-order valence-corrected chi connectivity index (χ4v) is 3.21. The predicted molar refractivity (Wildman–Crippen MR) is 107 cm³/mol. The molecule has 0 saturated carbocycles. The first kappa shape index (κ1) is 18.6. The van der Waals surface area contributed by atoms with Gasteiger partial charge in [-0.25, -0.2) is 5.43 Å². The smallest absolute Gasteiger partial charge is 0.291 e. The number of amides is 2. The van der Waals surface area contributed by atoms with Crippen molar-refractivity contribution in [3.8, 4) is 0 Å². The van der Waals surface area contributed by atoms with Gasteiger partial charge in [-0.2, -0.15) is 5.10 Å². The molecule has 0 aliphatic carbocycles. The van der Waals surface area contributed by atoms with E-state index in [1.165, 1.54) is 11.3 Å². The Morgan fingerprint density at radius 1 is 1.00 bits per heavy atom. The van der Waals surface area contributed by atoms with E-state index in [1.807, 2.05) is 30.5 Å². The molecule has 138 valence electrons. The Bertz CT molecular complexity index is 1000.